The lowest BCUT2D eigenvalue weighted by molar-refractivity contribution is -0.0139. The number of nitrogens with zero attached hydrogens (tertiary/aromatic N) is 1. The van der Waals surface area contributed by atoms with Crippen LogP contribution in [0.25, 0.3) is 0 Å². The summed E-state index contributed by atoms with van der Waals surface area (Å²) in [5.41, 5.74) is 0. The Kier molecular flexibility index (Phi) is 7.24. The van der Waals surface area contributed by atoms with E-state index in [0.717, 1.165) is 19.6 Å². The van der Waals surface area contributed by atoms with E-state index in [-0.39, 0.29) is 0 Å². The number of hydrogen-bond acceptors (Lipinski definition) is 5. The fourth-order valence-electron chi connectivity index (χ4n) is 3.42. The highest BCUT2D eigenvalue weighted by Gasteiger charge is 2.32. The van der Waals surface area contributed by atoms with Crippen molar-refractivity contribution in [1.82, 2.24) is 10.2 Å². The Hall–Kier alpha value is -0.200. The van der Waals surface area contributed by atoms with Gasteiger partial charge in [-0.15, -0.1) is 0 Å². The first-order valence-electron chi connectivity index (χ1n) is 8.03. The maximum absolute atomic E-state index is 10.1. The van der Waals surface area contributed by atoms with Gasteiger partial charge in [-0.2, -0.15) is 0 Å². The van der Waals surface area contributed by atoms with Crippen LogP contribution >= 0.6 is 0 Å². The molecule has 0 aliphatic carbocycles. The number of likely N-dealkylation sites (tertiary alicyclic amines) is 1. The summed E-state index contributed by atoms with van der Waals surface area (Å²) in [6.07, 6.45) is 6.00. The zero-order valence-corrected chi connectivity index (χ0v) is 12.7. The molecule has 0 aromatic heterocycles. The molecule has 118 valence electrons. The number of nitrogens with one attached hydrogen (secondary N) is 1. The molecule has 0 amide bonds. The zero-order chi connectivity index (χ0) is 14.2. The van der Waals surface area contributed by atoms with Crippen LogP contribution in [0.3, 0.4) is 0 Å². The second kappa shape index (κ2) is 8.95. The van der Waals surface area contributed by atoms with Gasteiger partial charge in [0.05, 0.1) is 25.9 Å². The minimum absolute atomic E-state index is 0.395. The van der Waals surface area contributed by atoms with Gasteiger partial charge in [0.15, 0.2) is 0 Å². The first kappa shape index (κ1) is 16.2. The molecule has 2 aliphatic heterocycles. The monoisotopic (exact) mass is 286 g/mol. The van der Waals surface area contributed by atoms with E-state index in [1.165, 1.54) is 32.1 Å². The molecule has 0 saturated carbocycles. The second-order valence-corrected chi connectivity index (χ2v) is 5.98. The molecular weight excluding hydrogens is 256 g/mol. The highest BCUT2D eigenvalue weighted by Crippen LogP contribution is 2.24. The Morgan fingerprint density at radius 2 is 2.15 bits per heavy atom. The molecule has 2 heterocycles. The molecule has 3 unspecified atom stereocenters. The van der Waals surface area contributed by atoms with E-state index in [9.17, 15) is 5.11 Å². The Labute approximate surface area is 122 Å². The van der Waals surface area contributed by atoms with Crippen LogP contribution in [0.15, 0.2) is 0 Å². The molecule has 0 aromatic rings. The lowest BCUT2D eigenvalue weighted by Crippen LogP contribution is -2.52. The molecule has 2 rings (SSSR count). The van der Waals surface area contributed by atoms with Crippen LogP contribution in [0.1, 0.15) is 32.1 Å². The predicted octanol–water partition coefficient (Wildman–Crippen LogP) is 0.617. The number of rotatable bonds is 8. The fourth-order valence-corrected chi connectivity index (χ4v) is 3.42. The summed E-state index contributed by atoms with van der Waals surface area (Å²) in [5, 5.41) is 13.8. The number of methoxy groups -OCH3 is 1. The SMILES string of the molecule is COCCOCC(O)CN1CCCCC1C1CCCN1. The predicted molar refractivity (Wildman–Crippen MR) is 78.9 cm³/mol. The third kappa shape index (κ3) is 4.97. The third-order valence-electron chi connectivity index (χ3n) is 4.41. The van der Waals surface area contributed by atoms with Crippen molar-refractivity contribution >= 4 is 0 Å². The van der Waals surface area contributed by atoms with Gasteiger partial charge in [-0.05, 0) is 38.8 Å². The van der Waals surface area contributed by atoms with E-state index in [2.05, 4.69) is 10.2 Å². The molecule has 0 spiro atoms. The van der Waals surface area contributed by atoms with Crippen LogP contribution in [0.5, 0.6) is 0 Å². The zero-order valence-electron chi connectivity index (χ0n) is 12.7. The Morgan fingerprint density at radius 1 is 1.25 bits per heavy atom. The van der Waals surface area contributed by atoms with Gasteiger partial charge in [-0.3, -0.25) is 4.90 Å². The minimum Gasteiger partial charge on any atom is -0.389 e. The van der Waals surface area contributed by atoms with Gasteiger partial charge < -0.3 is 19.9 Å². The van der Waals surface area contributed by atoms with Crippen LogP contribution < -0.4 is 5.32 Å². The summed E-state index contributed by atoms with van der Waals surface area (Å²) in [6, 6.07) is 1.22. The number of piperidine rings is 1. The summed E-state index contributed by atoms with van der Waals surface area (Å²) >= 11 is 0. The molecule has 0 bridgehead atoms. The lowest BCUT2D eigenvalue weighted by Gasteiger charge is -2.40. The molecule has 2 fully saturated rings. The van der Waals surface area contributed by atoms with Gasteiger partial charge in [-0.1, -0.05) is 6.42 Å². The van der Waals surface area contributed by atoms with Gasteiger partial charge in [-0.25, -0.2) is 0 Å². The molecule has 5 heteroatoms. The number of aliphatic hydroxyl groups is 1. The van der Waals surface area contributed by atoms with E-state index in [4.69, 9.17) is 9.47 Å². The molecule has 2 N–H and O–H groups in total. The van der Waals surface area contributed by atoms with Crippen molar-refractivity contribution in [2.45, 2.75) is 50.3 Å². The standard InChI is InChI=1S/C15H30N2O3/c1-19-9-10-20-12-13(18)11-17-8-3-2-6-15(17)14-5-4-7-16-14/h13-16,18H,2-12H2,1H3. The average molecular weight is 286 g/mol. The van der Waals surface area contributed by atoms with Crippen molar-refractivity contribution < 1.29 is 14.6 Å². The van der Waals surface area contributed by atoms with Crippen LogP contribution in [-0.2, 0) is 9.47 Å². The van der Waals surface area contributed by atoms with E-state index in [0.29, 0.717) is 31.9 Å². The minimum atomic E-state index is -0.395. The van der Waals surface area contributed by atoms with Gasteiger partial charge >= 0.3 is 0 Å². The van der Waals surface area contributed by atoms with Crippen molar-refractivity contribution in [1.29, 1.82) is 0 Å². The highest BCUT2D eigenvalue weighted by molar-refractivity contribution is 4.91. The van der Waals surface area contributed by atoms with Crippen molar-refractivity contribution in [3.05, 3.63) is 0 Å². The number of β-amino-alcohol motifs (C(OH)–C–C–N with tert-alkyl or cyclic N) is 1. The molecule has 2 saturated heterocycles. The third-order valence-corrected chi connectivity index (χ3v) is 4.41. The Morgan fingerprint density at radius 3 is 2.90 bits per heavy atom. The average Bonchev–Trinajstić information content (AvgIpc) is 2.98. The highest BCUT2D eigenvalue weighted by atomic mass is 16.5. The van der Waals surface area contributed by atoms with Crippen molar-refractivity contribution in [3.8, 4) is 0 Å². The van der Waals surface area contributed by atoms with E-state index >= 15 is 0 Å². The summed E-state index contributed by atoms with van der Waals surface area (Å²) in [4.78, 5) is 2.47. The molecule has 5 nitrogen and oxygen atoms in total. The largest absolute Gasteiger partial charge is 0.389 e. The Balaban J connectivity index is 1.73. The second-order valence-electron chi connectivity index (χ2n) is 5.98. The fraction of sp³-hybridized carbons (Fsp3) is 1.00. The summed E-state index contributed by atoms with van der Waals surface area (Å²) in [7, 11) is 1.66. The van der Waals surface area contributed by atoms with Gasteiger partial charge in [0, 0.05) is 25.7 Å². The number of aliphatic hydroxyl groups excluding tert-OH is 1. The molecule has 0 radical (unpaired) electrons. The number of ether oxygens (including phenoxy) is 2. The van der Waals surface area contributed by atoms with Crippen LogP contribution in [0.2, 0.25) is 0 Å². The van der Waals surface area contributed by atoms with Crippen molar-refractivity contribution in [2.24, 2.45) is 0 Å². The van der Waals surface area contributed by atoms with E-state index in [1.54, 1.807) is 7.11 Å². The summed E-state index contributed by atoms with van der Waals surface area (Å²) < 4.78 is 10.4. The Bertz CT molecular complexity index is 260. The van der Waals surface area contributed by atoms with Crippen molar-refractivity contribution in [2.75, 3.05) is 46.6 Å². The smallest absolute Gasteiger partial charge is 0.0900 e. The van der Waals surface area contributed by atoms with Crippen molar-refractivity contribution in [3.63, 3.8) is 0 Å². The molecule has 3 atom stereocenters. The lowest BCUT2D eigenvalue weighted by atomic mass is 9.94. The normalized spacial score (nSPS) is 29.7. The van der Waals surface area contributed by atoms with E-state index in [1.807, 2.05) is 0 Å². The number of hydrogen-bond donors (Lipinski definition) is 2. The first-order valence-corrected chi connectivity index (χ1v) is 8.03. The summed E-state index contributed by atoms with van der Waals surface area (Å²) in [5.74, 6) is 0. The van der Waals surface area contributed by atoms with Crippen LogP contribution in [0.4, 0.5) is 0 Å². The maximum atomic E-state index is 10.1. The van der Waals surface area contributed by atoms with Crippen LogP contribution in [0, 0.1) is 0 Å². The first-order chi connectivity index (χ1) is 9.81. The molecule has 20 heavy (non-hydrogen) atoms. The van der Waals surface area contributed by atoms with Crippen LogP contribution in [-0.4, -0.2) is 74.8 Å². The van der Waals surface area contributed by atoms with Gasteiger partial charge in [0.25, 0.3) is 0 Å². The van der Waals surface area contributed by atoms with E-state index < -0.39 is 6.10 Å². The molecular formula is C15H30N2O3. The van der Waals surface area contributed by atoms with Gasteiger partial charge in [0.2, 0.25) is 0 Å². The maximum Gasteiger partial charge on any atom is 0.0900 e. The van der Waals surface area contributed by atoms with Gasteiger partial charge in [0.1, 0.15) is 0 Å². The summed E-state index contributed by atoms with van der Waals surface area (Å²) in [6.45, 7) is 4.54. The quantitative estimate of drug-likeness (QED) is 0.641. The molecule has 2 aliphatic rings. The topological polar surface area (TPSA) is 54.0 Å². The molecule has 0 aromatic carbocycles.